The first kappa shape index (κ1) is 15.0. The lowest BCUT2D eigenvalue weighted by Crippen LogP contribution is -2.16. The number of rotatable bonds is 3. The van der Waals surface area contributed by atoms with E-state index in [0.29, 0.717) is 23.5 Å². The third-order valence-electron chi connectivity index (χ3n) is 3.84. The maximum Gasteiger partial charge on any atom is 0.341 e. The summed E-state index contributed by atoms with van der Waals surface area (Å²) in [7, 11) is 1.31. The van der Waals surface area contributed by atoms with Crippen LogP contribution >= 0.6 is 0 Å². The lowest BCUT2D eigenvalue weighted by molar-refractivity contribution is 0.0600. The highest BCUT2D eigenvalue weighted by molar-refractivity contribution is 5.96. The molecule has 0 radical (unpaired) electrons. The molecule has 0 saturated carbocycles. The average Bonchev–Trinajstić information content (AvgIpc) is 2.90. The number of para-hydroxylation sites is 1. The molecule has 118 valence electrons. The third kappa shape index (κ3) is 2.42. The van der Waals surface area contributed by atoms with Crippen LogP contribution in [0.1, 0.15) is 22.8 Å². The lowest BCUT2D eigenvalue weighted by atomic mass is 10.1. The molecular weight excluding hydrogens is 294 g/mol. The lowest BCUT2D eigenvalue weighted by Gasteiger charge is -2.09. The summed E-state index contributed by atoms with van der Waals surface area (Å²) in [5, 5.41) is 4.38. The van der Waals surface area contributed by atoms with Gasteiger partial charge in [-0.1, -0.05) is 18.2 Å². The molecule has 6 heteroatoms. The maximum absolute atomic E-state index is 12.7. The van der Waals surface area contributed by atoms with Gasteiger partial charge < -0.3 is 9.30 Å². The predicted octanol–water partition coefficient (Wildman–Crippen LogP) is 2.25. The minimum atomic E-state index is -0.507. The quantitative estimate of drug-likeness (QED) is 0.696. The average molecular weight is 311 g/mol. The molecule has 1 aromatic carbocycles. The molecule has 0 spiro atoms. The first-order valence-corrected chi connectivity index (χ1v) is 7.34. The van der Waals surface area contributed by atoms with Gasteiger partial charge in [0.15, 0.2) is 0 Å². The monoisotopic (exact) mass is 311 g/mol. The molecular formula is C17H17N3O3. The van der Waals surface area contributed by atoms with Gasteiger partial charge in [0.05, 0.1) is 18.4 Å². The van der Waals surface area contributed by atoms with Gasteiger partial charge in [0.1, 0.15) is 11.3 Å². The minimum absolute atomic E-state index is 0.248. The Morgan fingerprint density at radius 3 is 2.65 bits per heavy atom. The van der Waals surface area contributed by atoms with E-state index in [2.05, 4.69) is 5.10 Å². The number of carbonyl (C=O) groups excluding carboxylic acids is 1. The highest BCUT2D eigenvalue weighted by Crippen LogP contribution is 2.23. The Morgan fingerprint density at radius 2 is 2.00 bits per heavy atom. The molecule has 0 amide bonds. The number of fused-ring (bicyclic) bond motifs is 1. The van der Waals surface area contributed by atoms with Gasteiger partial charge in [-0.25, -0.2) is 4.79 Å². The van der Waals surface area contributed by atoms with Crippen LogP contribution in [-0.2, 0) is 11.3 Å². The van der Waals surface area contributed by atoms with Crippen LogP contribution in [0.2, 0.25) is 0 Å². The van der Waals surface area contributed by atoms with Crippen molar-refractivity contribution < 1.29 is 9.53 Å². The van der Waals surface area contributed by atoms with Crippen molar-refractivity contribution in [3.8, 4) is 16.9 Å². The molecule has 2 aliphatic rings. The number of hydrogen-bond acceptors (Lipinski definition) is 4. The van der Waals surface area contributed by atoms with Crippen molar-refractivity contribution in [3.63, 3.8) is 0 Å². The molecule has 6 nitrogen and oxygen atoms in total. The Labute approximate surface area is 133 Å². The molecule has 3 rings (SSSR count). The van der Waals surface area contributed by atoms with Crippen molar-refractivity contribution in [1.29, 1.82) is 0 Å². The van der Waals surface area contributed by atoms with Crippen LogP contribution in [0.3, 0.4) is 0 Å². The van der Waals surface area contributed by atoms with E-state index in [9.17, 15) is 9.59 Å². The van der Waals surface area contributed by atoms with Crippen molar-refractivity contribution in [2.45, 2.75) is 20.4 Å². The van der Waals surface area contributed by atoms with E-state index in [1.807, 2.05) is 38.1 Å². The Bertz CT molecular complexity index is 908. The zero-order valence-electron chi connectivity index (χ0n) is 13.2. The summed E-state index contributed by atoms with van der Waals surface area (Å²) in [6.07, 6.45) is 3.37. The summed E-state index contributed by atoms with van der Waals surface area (Å²) < 4.78 is 7.94. The molecule has 2 aliphatic heterocycles. The second-order valence-electron chi connectivity index (χ2n) is 5.26. The molecule has 0 bridgehead atoms. The van der Waals surface area contributed by atoms with Crippen molar-refractivity contribution in [1.82, 2.24) is 14.3 Å². The SMILES string of the molecule is CCn1cc(C(=O)OC)c2nn(-c3ccccc3C)c(=O)c-2c1. The maximum atomic E-state index is 12.7. The van der Waals surface area contributed by atoms with Gasteiger partial charge in [0, 0.05) is 18.9 Å². The van der Waals surface area contributed by atoms with E-state index in [1.165, 1.54) is 11.8 Å². The summed E-state index contributed by atoms with van der Waals surface area (Å²) >= 11 is 0. The van der Waals surface area contributed by atoms with Gasteiger partial charge in [-0.05, 0) is 25.5 Å². The van der Waals surface area contributed by atoms with Crippen molar-refractivity contribution in [2.75, 3.05) is 7.11 Å². The second-order valence-corrected chi connectivity index (χ2v) is 5.26. The first-order valence-electron chi connectivity index (χ1n) is 7.34. The molecule has 0 saturated heterocycles. The zero-order chi connectivity index (χ0) is 16.6. The number of ether oxygens (including phenoxy) is 1. The van der Waals surface area contributed by atoms with Crippen LogP contribution in [0.5, 0.6) is 0 Å². The van der Waals surface area contributed by atoms with Gasteiger partial charge >= 0.3 is 5.97 Å². The largest absolute Gasteiger partial charge is 0.465 e. The number of aryl methyl sites for hydroxylation is 2. The molecule has 0 atom stereocenters. The Morgan fingerprint density at radius 1 is 1.26 bits per heavy atom. The first-order chi connectivity index (χ1) is 11.1. The Kier molecular flexibility index (Phi) is 3.73. The van der Waals surface area contributed by atoms with Crippen LogP contribution in [-0.4, -0.2) is 27.4 Å². The number of esters is 1. The topological polar surface area (TPSA) is 66.1 Å². The normalized spacial score (nSPS) is 10.9. The van der Waals surface area contributed by atoms with E-state index in [1.54, 1.807) is 17.0 Å². The molecule has 2 heterocycles. The van der Waals surface area contributed by atoms with Gasteiger partial charge in [0.2, 0.25) is 0 Å². The van der Waals surface area contributed by atoms with Gasteiger partial charge in [-0.15, -0.1) is 0 Å². The summed E-state index contributed by atoms with van der Waals surface area (Å²) in [6.45, 7) is 4.48. The summed E-state index contributed by atoms with van der Waals surface area (Å²) in [6, 6.07) is 7.49. The van der Waals surface area contributed by atoms with E-state index >= 15 is 0 Å². The highest BCUT2D eigenvalue weighted by Gasteiger charge is 2.24. The van der Waals surface area contributed by atoms with Crippen LogP contribution in [0.4, 0.5) is 0 Å². The molecule has 23 heavy (non-hydrogen) atoms. The number of aromatic nitrogens is 3. The van der Waals surface area contributed by atoms with Crippen LogP contribution in [0.25, 0.3) is 16.9 Å². The van der Waals surface area contributed by atoms with Crippen LogP contribution < -0.4 is 5.56 Å². The second kappa shape index (κ2) is 5.72. The fraction of sp³-hybridized carbons (Fsp3) is 0.235. The smallest absolute Gasteiger partial charge is 0.341 e. The number of benzene rings is 1. The minimum Gasteiger partial charge on any atom is -0.465 e. The summed E-state index contributed by atoms with van der Waals surface area (Å²) in [5.41, 5.74) is 2.43. The molecule has 1 aromatic rings. The molecule has 0 fully saturated rings. The number of nitrogens with zero attached hydrogens (tertiary/aromatic N) is 3. The number of methoxy groups -OCH3 is 1. The summed E-state index contributed by atoms with van der Waals surface area (Å²) in [4.78, 5) is 24.8. The molecule has 0 N–H and O–H groups in total. The van der Waals surface area contributed by atoms with E-state index in [-0.39, 0.29) is 11.1 Å². The van der Waals surface area contributed by atoms with Gasteiger partial charge in [0.25, 0.3) is 5.56 Å². The van der Waals surface area contributed by atoms with Gasteiger partial charge in [-0.3, -0.25) is 4.79 Å². The number of carbonyl (C=O) groups is 1. The predicted molar refractivity (Wildman–Crippen MR) is 86.2 cm³/mol. The number of pyridine rings is 1. The van der Waals surface area contributed by atoms with Crippen molar-refractivity contribution in [3.05, 3.63) is 58.1 Å². The van der Waals surface area contributed by atoms with E-state index < -0.39 is 5.97 Å². The zero-order valence-corrected chi connectivity index (χ0v) is 13.2. The Balaban J connectivity index is 2.33. The standard InChI is InChI=1S/C17H17N3O3/c1-4-19-9-12-15(13(10-19)17(22)23-3)18-20(16(12)21)14-8-6-5-7-11(14)2/h5-10H,4H2,1-3H3. The molecule has 0 unspecified atom stereocenters. The van der Waals surface area contributed by atoms with Gasteiger partial charge in [-0.2, -0.15) is 9.78 Å². The van der Waals surface area contributed by atoms with Crippen molar-refractivity contribution >= 4 is 5.97 Å². The molecule has 0 aliphatic carbocycles. The van der Waals surface area contributed by atoms with E-state index in [0.717, 1.165) is 5.56 Å². The summed E-state index contributed by atoms with van der Waals surface area (Å²) in [5.74, 6) is -0.507. The highest BCUT2D eigenvalue weighted by atomic mass is 16.5. The van der Waals surface area contributed by atoms with Crippen molar-refractivity contribution in [2.24, 2.45) is 0 Å². The molecule has 0 aromatic heterocycles. The van der Waals surface area contributed by atoms with Crippen LogP contribution in [0.15, 0.2) is 41.5 Å². The number of hydrogen-bond donors (Lipinski definition) is 0. The fourth-order valence-electron chi connectivity index (χ4n) is 2.57. The third-order valence-corrected chi connectivity index (χ3v) is 3.84. The van der Waals surface area contributed by atoms with E-state index in [4.69, 9.17) is 4.74 Å². The van der Waals surface area contributed by atoms with Crippen LogP contribution in [0, 0.1) is 6.92 Å². The Hall–Kier alpha value is -2.89. The fourth-order valence-corrected chi connectivity index (χ4v) is 2.57.